The number of carbonyl (C=O) groups excluding carboxylic acids is 1. The number of ether oxygens (including phenoxy) is 1. The second kappa shape index (κ2) is 8.62. The van der Waals surface area contributed by atoms with E-state index in [0.29, 0.717) is 28.0 Å². The molecule has 0 fully saturated rings. The van der Waals surface area contributed by atoms with Crippen molar-refractivity contribution in [1.82, 2.24) is 0 Å². The van der Waals surface area contributed by atoms with Gasteiger partial charge >= 0.3 is 0 Å². The third-order valence-electron chi connectivity index (χ3n) is 3.01. The maximum absolute atomic E-state index is 12.0. The number of hydrogen-bond donors (Lipinski definition) is 2. The predicted octanol–water partition coefficient (Wildman–Crippen LogP) is 5.00. The number of amides is 1. The van der Waals surface area contributed by atoms with Crippen LogP contribution in [0.15, 0.2) is 54.6 Å². The highest BCUT2D eigenvalue weighted by molar-refractivity contribution is 6.43. The molecule has 0 saturated heterocycles. The van der Waals surface area contributed by atoms with E-state index in [1.165, 1.54) is 0 Å². The molecule has 24 heavy (non-hydrogen) atoms. The van der Waals surface area contributed by atoms with E-state index in [1.807, 2.05) is 6.92 Å². The molecule has 0 aliphatic carbocycles. The van der Waals surface area contributed by atoms with Crippen LogP contribution in [0.5, 0.6) is 5.75 Å². The van der Waals surface area contributed by atoms with Gasteiger partial charge in [0.2, 0.25) is 5.91 Å². The summed E-state index contributed by atoms with van der Waals surface area (Å²) in [5.41, 5.74) is 2.24. The van der Waals surface area contributed by atoms with Gasteiger partial charge in [0.15, 0.2) is 0 Å². The Morgan fingerprint density at radius 1 is 1.17 bits per heavy atom. The zero-order valence-electron chi connectivity index (χ0n) is 13.2. The molecule has 2 aromatic rings. The van der Waals surface area contributed by atoms with E-state index < -0.39 is 0 Å². The van der Waals surface area contributed by atoms with Gasteiger partial charge in [0.25, 0.3) is 0 Å². The van der Waals surface area contributed by atoms with E-state index in [0.717, 1.165) is 11.3 Å². The molecular formula is C18H18Cl2N2O2. The summed E-state index contributed by atoms with van der Waals surface area (Å²) in [6.45, 7) is 6.22. The minimum absolute atomic E-state index is 0.0774. The van der Waals surface area contributed by atoms with E-state index in [1.54, 1.807) is 42.5 Å². The Kier molecular flexibility index (Phi) is 6.53. The van der Waals surface area contributed by atoms with Crippen LogP contribution in [-0.4, -0.2) is 19.1 Å². The highest BCUT2D eigenvalue weighted by atomic mass is 35.5. The average Bonchev–Trinajstić information content (AvgIpc) is 2.55. The second-order valence-corrected chi connectivity index (χ2v) is 6.06. The first-order chi connectivity index (χ1) is 11.5. The molecule has 2 aromatic carbocycles. The lowest BCUT2D eigenvalue weighted by Crippen LogP contribution is -2.21. The van der Waals surface area contributed by atoms with Crippen molar-refractivity contribution in [3.8, 4) is 5.75 Å². The van der Waals surface area contributed by atoms with Crippen LogP contribution in [0, 0.1) is 0 Å². The van der Waals surface area contributed by atoms with Crippen molar-refractivity contribution >= 4 is 40.5 Å². The Bertz CT molecular complexity index is 730. The topological polar surface area (TPSA) is 50.4 Å². The lowest BCUT2D eigenvalue weighted by atomic mass is 10.3. The zero-order chi connectivity index (χ0) is 17.5. The fraction of sp³-hybridized carbons (Fsp3) is 0.167. The summed E-state index contributed by atoms with van der Waals surface area (Å²) < 4.78 is 5.51. The second-order valence-electron chi connectivity index (χ2n) is 5.27. The molecule has 2 rings (SSSR count). The van der Waals surface area contributed by atoms with Gasteiger partial charge < -0.3 is 15.4 Å². The predicted molar refractivity (Wildman–Crippen MR) is 100 cm³/mol. The first-order valence-corrected chi connectivity index (χ1v) is 8.06. The van der Waals surface area contributed by atoms with Crippen LogP contribution in [0.25, 0.3) is 0 Å². The maximum Gasteiger partial charge on any atom is 0.243 e. The number of benzene rings is 2. The molecule has 0 radical (unpaired) electrons. The van der Waals surface area contributed by atoms with Gasteiger partial charge in [0, 0.05) is 5.69 Å². The maximum atomic E-state index is 12.0. The molecule has 4 nitrogen and oxygen atoms in total. The number of carbonyl (C=O) groups is 1. The van der Waals surface area contributed by atoms with Crippen molar-refractivity contribution in [1.29, 1.82) is 0 Å². The van der Waals surface area contributed by atoms with Crippen molar-refractivity contribution in [2.45, 2.75) is 6.92 Å². The van der Waals surface area contributed by atoms with Crippen LogP contribution >= 0.6 is 23.2 Å². The monoisotopic (exact) mass is 364 g/mol. The van der Waals surface area contributed by atoms with Crippen molar-refractivity contribution in [2.75, 3.05) is 23.8 Å². The van der Waals surface area contributed by atoms with Gasteiger partial charge in [-0.3, -0.25) is 4.79 Å². The molecular weight excluding hydrogens is 347 g/mol. The van der Waals surface area contributed by atoms with Gasteiger partial charge in [-0.1, -0.05) is 35.8 Å². The molecule has 0 aliphatic rings. The van der Waals surface area contributed by atoms with E-state index >= 15 is 0 Å². The summed E-state index contributed by atoms with van der Waals surface area (Å²) >= 11 is 12.0. The van der Waals surface area contributed by atoms with Gasteiger partial charge in [0.05, 0.1) is 22.3 Å². The molecule has 0 aliphatic heterocycles. The molecule has 0 atom stereocenters. The van der Waals surface area contributed by atoms with Crippen molar-refractivity contribution in [3.63, 3.8) is 0 Å². The minimum atomic E-state index is -0.193. The molecule has 0 unspecified atom stereocenters. The molecule has 6 heteroatoms. The minimum Gasteiger partial charge on any atom is -0.489 e. The summed E-state index contributed by atoms with van der Waals surface area (Å²) in [5.74, 6) is 0.529. The number of rotatable bonds is 7. The third kappa shape index (κ3) is 5.48. The Morgan fingerprint density at radius 2 is 1.88 bits per heavy atom. The van der Waals surface area contributed by atoms with Crippen LogP contribution in [0.3, 0.4) is 0 Å². The average molecular weight is 365 g/mol. The fourth-order valence-electron chi connectivity index (χ4n) is 1.86. The number of nitrogens with one attached hydrogen (secondary N) is 2. The SMILES string of the molecule is C=C(C)COc1ccc(NC(=O)CNc2cccc(Cl)c2Cl)cc1. The summed E-state index contributed by atoms with van der Waals surface area (Å²) in [5, 5.41) is 6.57. The third-order valence-corrected chi connectivity index (χ3v) is 3.83. The standard InChI is InChI=1S/C18H18Cl2N2O2/c1-12(2)11-24-14-8-6-13(7-9-14)22-17(23)10-21-16-5-3-4-15(19)18(16)20/h3-9,21H,1,10-11H2,2H3,(H,22,23). The van der Waals surface area contributed by atoms with Crippen LogP contribution in [0.4, 0.5) is 11.4 Å². The number of hydrogen-bond acceptors (Lipinski definition) is 3. The Hall–Kier alpha value is -2.17. The highest BCUT2D eigenvalue weighted by Gasteiger charge is 2.07. The Labute approximate surface area is 151 Å². The molecule has 0 saturated carbocycles. The van der Waals surface area contributed by atoms with Crippen LogP contribution < -0.4 is 15.4 Å². The van der Waals surface area contributed by atoms with E-state index in [4.69, 9.17) is 27.9 Å². The molecule has 1 amide bonds. The zero-order valence-corrected chi connectivity index (χ0v) is 14.7. The van der Waals surface area contributed by atoms with Crippen molar-refractivity contribution in [3.05, 3.63) is 64.7 Å². The molecule has 0 spiro atoms. The summed E-state index contributed by atoms with van der Waals surface area (Å²) in [7, 11) is 0. The smallest absolute Gasteiger partial charge is 0.243 e. The fourth-order valence-corrected chi connectivity index (χ4v) is 2.23. The van der Waals surface area contributed by atoms with Gasteiger partial charge in [0.1, 0.15) is 12.4 Å². The van der Waals surface area contributed by atoms with Crippen molar-refractivity contribution in [2.24, 2.45) is 0 Å². The summed E-state index contributed by atoms with van der Waals surface area (Å²) in [6, 6.07) is 12.3. The van der Waals surface area contributed by atoms with Gasteiger partial charge in [-0.15, -0.1) is 0 Å². The number of anilines is 2. The van der Waals surface area contributed by atoms with Crippen LogP contribution in [-0.2, 0) is 4.79 Å². The van der Waals surface area contributed by atoms with E-state index in [9.17, 15) is 4.79 Å². The normalized spacial score (nSPS) is 10.1. The highest BCUT2D eigenvalue weighted by Crippen LogP contribution is 2.29. The van der Waals surface area contributed by atoms with Gasteiger partial charge in [-0.2, -0.15) is 0 Å². The lowest BCUT2D eigenvalue weighted by Gasteiger charge is -2.10. The summed E-state index contributed by atoms with van der Waals surface area (Å²) in [6.07, 6.45) is 0. The lowest BCUT2D eigenvalue weighted by molar-refractivity contribution is -0.114. The van der Waals surface area contributed by atoms with Gasteiger partial charge in [-0.25, -0.2) is 0 Å². The molecule has 0 bridgehead atoms. The molecule has 0 heterocycles. The molecule has 126 valence electrons. The van der Waals surface area contributed by atoms with Gasteiger partial charge in [-0.05, 0) is 48.9 Å². The molecule has 2 N–H and O–H groups in total. The van der Waals surface area contributed by atoms with E-state index in [2.05, 4.69) is 17.2 Å². The van der Waals surface area contributed by atoms with E-state index in [-0.39, 0.29) is 12.5 Å². The quantitative estimate of drug-likeness (QED) is 0.679. The van der Waals surface area contributed by atoms with Crippen LogP contribution in [0.2, 0.25) is 10.0 Å². The summed E-state index contributed by atoms with van der Waals surface area (Å²) in [4.78, 5) is 12.0. The first kappa shape index (κ1) is 18.2. The van der Waals surface area contributed by atoms with Crippen molar-refractivity contribution < 1.29 is 9.53 Å². The van der Waals surface area contributed by atoms with Crippen LogP contribution in [0.1, 0.15) is 6.92 Å². The largest absolute Gasteiger partial charge is 0.489 e. The first-order valence-electron chi connectivity index (χ1n) is 7.30. The molecule has 0 aromatic heterocycles. The Morgan fingerprint density at radius 3 is 2.54 bits per heavy atom. The Balaban J connectivity index is 1.86. The number of halogens is 2.